The van der Waals surface area contributed by atoms with Gasteiger partial charge in [0, 0.05) is 25.6 Å². The molecular formula is C14H26N4. The van der Waals surface area contributed by atoms with Gasteiger partial charge in [-0.3, -0.25) is 0 Å². The lowest BCUT2D eigenvalue weighted by Gasteiger charge is -2.10. The highest BCUT2D eigenvalue weighted by molar-refractivity contribution is 5.47. The normalized spacial score (nSPS) is 10.4. The summed E-state index contributed by atoms with van der Waals surface area (Å²) < 4.78 is 0. The molecule has 0 aliphatic rings. The first-order valence-electron chi connectivity index (χ1n) is 7.15. The lowest BCUT2D eigenvalue weighted by molar-refractivity contribution is 0.741. The molecule has 0 saturated heterocycles. The maximum Gasteiger partial charge on any atom is 0.132 e. The molecule has 0 spiro atoms. The van der Waals surface area contributed by atoms with Crippen molar-refractivity contribution in [3.05, 3.63) is 11.9 Å². The van der Waals surface area contributed by atoms with Crippen LogP contribution in [0.25, 0.3) is 0 Å². The van der Waals surface area contributed by atoms with Crippen LogP contribution in [-0.4, -0.2) is 23.1 Å². The van der Waals surface area contributed by atoms with Crippen molar-refractivity contribution in [2.24, 2.45) is 0 Å². The van der Waals surface area contributed by atoms with E-state index in [1.165, 1.54) is 19.3 Å². The second-order valence-corrected chi connectivity index (χ2v) is 4.47. The summed E-state index contributed by atoms with van der Waals surface area (Å²) in [5.41, 5.74) is 0. The third-order valence-corrected chi connectivity index (χ3v) is 2.73. The van der Waals surface area contributed by atoms with E-state index in [-0.39, 0.29) is 0 Å². The number of aryl methyl sites for hydroxylation is 1. The van der Waals surface area contributed by atoms with Gasteiger partial charge in [0.1, 0.15) is 17.5 Å². The topological polar surface area (TPSA) is 49.8 Å². The highest BCUT2D eigenvalue weighted by Gasteiger charge is 2.02. The summed E-state index contributed by atoms with van der Waals surface area (Å²) in [7, 11) is 0. The zero-order valence-corrected chi connectivity index (χ0v) is 11.9. The maximum absolute atomic E-state index is 4.50. The first-order valence-corrected chi connectivity index (χ1v) is 7.15. The summed E-state index contributed by atoms with van der Waals surface area (Å²) in [5.74, 6) is 2.77. The largest absolute Gasteiger partial charge is 0.370 e. The van der Waals surface area contributed by atoms with Gasteiger partial charge in [-0.05, 0) is 12.8 Å². The highest BCUT2D eigenvalue weighted by Crippen LogP contribution is 2.12. The molecule has 18 heavy (non-hydrogen) atoms. The van der Waals surface area contributed by atoms with Crippen LogP contribution in [0.1, 0.15) is 52.3 Å². The molecule has 1 aromatic heterocycles. The van der Waals surface area contributed by atoms with Gasteiger partial charge in [-0.25, -0.2) is 9.97 Å². The predicted molar refractivity (Wildman–Crippen MR) is 78.2 cm³/mol. The zero-order chi connectivity index (χ0) is 13.2. The second-order valence-electron chi connectivity index (χ2n) is 4.47. The average molecular weight is 250 g/mol. The molecule has 4 heteroatoms. The number of unbranched alkanes of at least 4 members (excludes halogenated alkanes) is 2. The summed E-state index contributed by atoms with van der Waals surface area (Å²) in [6, 6.07) is 2.00. The van der Waals surface area contributed by atoms with E-state index in [9.17, 15) is 0 Å². The molecule has 0 bridgehead atoms. The molecule has 0 aromatic carbocycles. The summed E-state index contributed by atoms with van der Waals surface area (Å²) in [5, 5.41) is 6.70. The van der Waals surface area contributed by atoms with Crippen molar-refractivity contribution in [2.45, 2.75) is 52.9 Å². The minimum Gasteiger partial charge on any atom is -0.370 e. The van der Waals surface area contributed by atoms with Gasteiger partial charge in [-0.2, -0.15) is 0 Å². The van der Waals surface area contributed by atoms with E-state index in [1.807, 2.05) is 6.07 Å². The second kappa shape index (κ2) is 8.72. The molecule has 1 rings (SSSR count). The van der Waals surface area contributed by atoms with Crippen LogP contribution in [0, 0.1) is 0 Å². The molecule has 0 aliphatic heterocycles. The van der Waals surface area contributed by atoms with Crippen LogP contribution in [0.4, 0.5) is 11.6 Å². The standard InChI is InChI=1S/C14H26N4/c1-4-7-8-10-16-14-11-13(15-9-5-2)17-12(6-3)18-14/h11H,4-10H2,1-3H3,(H2,15,16,17,18). The molecule has 4 nitrogen and oxygen atoms in total. The number of nitrogens with one attached hydrogen (secondary N) is 2. The van der Waals surface area contributed by atoms with E-state index in [2.05, 4.69) is 41.4 Å². The predicted octanol–water partition coefficient (Wildman–Crippen LogP) is 3.46. The van der Waals surface area contributed by atoms with Gasteiger partial charge in [0.05, 0.1) is 0 Å². The van der Waals surface area contributed by atoms with E-state index >= 15 is 0 Å². The summed E-state index contributed by atoms with van der Waals surface area (Å²) >= 11 is 0. The minimum absolute atomic E-state index is 0.866. The van der Waals surface area contributed by atoms with E-state index < -0.39 is 0 Å². The molecule has 0 amide bonds. The van der Waals surface area contributed by atoms with E-state index in [1.54, 1.807) is 0 Å². The Balaban J connectivity index is 2.58. The quantitative estimate of drug-likeness (QED) is 0.659. The van der Waals surface area contributed by atoms with Crippen molar-refractivity contribution in [2.75, 3.05) is 23.7 Å². The van der Waals surface area contributed by atoms with Gasteiger partial charge in [0.2, 0.25) is 0 Å². The number of aromatic nitrogens is 2. The fraction of sp³-hybridized carbons (Fsp3) is 0.714. The Bertz CT molecular complexity index is 339. The van der Waals surface area contributed by atoms with Crippen LogP contribution in [0.2, 0.25) is 0 Å². The molecule has 0 fully saturated rings. The van der Waals surface area contributed by atoms with Crippen molar-refractivity contribution < 1.29 is 0 Å². The Labute approximate surface area is 111 Å². The molecule has 0 aliphatic carbocycles. The third-order valence-electron chi connectivity index (χ3n) is 2.73. The fourth-order valence-corrected chi connectivity index (χ4v) is 1.68. The van der Waals surface area contributed by atoms with Gasteiger partial charge in [0.15, 0.2) is 0 Å². The van der Waals surface area contributed by atoms with Crippen molar-refractivity contribution in [3.63, 3.8) is 0 Å². The Morgan fingerprint density at radius 1 is 0.889 bits per heavy atom. The Hall–Kier alpha value is -1.32. The summed E-state index contributed by atoms with van der Waals surface area (Å²) in [6.45, 7) is 8.39. The molecule has 0 radical (unpaired) electrons. The molecule has 0 atom stereocenters. The molecule has 1 aromatic rings. The molecule has 2 N–H and O–H groups in total. The van der Waals surface area contributed by atoms with Crippen molar-refractivity contribution >= 4 is 11.6 Å². The van der Waals surface area contributed by atoms with Crippen molar-refractivity contribution in [1.29, 1.82) is 0 Å². The van der Waals surface area contributed by atoms with E-state index in [0.29, 0.717) is 0 Å². The monoisotopic (exact) mass is 250 g/mol. The van der Waals surface area contributed by atoms with E-state index in [0.717, 1.165) is 43.4 Å². The SMILES string of the molecule is CCCCCNc1cc(NCCC)nc(CC)n1. The van der Waals surface area contributed by atoms with Crippen molar-refractivity contribution in [1.82, 2.24) is 9.97 Å². The number of nitrogens with zero attached hydrogens (tertiary/aromatic N) is 2. The first-order chi connectivity index (χ1) is 8.80. The third kappa shape index (κ3) is 5.34. The maximum atomic E-state index is 4.50. The van der Waals surface area contributed by atoms with Crippen LogP contribution in [0.5, 0.6) is 0 Å². The highest BCUT2D eigenvalue weighted by atomic mass is 15.1. The van der Waals surface area contributed by atoms with Gasteiger partial charge in [-0.1, -0.05) is 33.6 Å². The van der Waals surface area contributed by atoms with Gasteiger partial charge in [0.25, 0.3) is 0 Å². The molecule has 1 heterocycles. The molecule has 102 valence electrons. The molecular weight excluding hydrogens is 224 g/mol. The Morgan fingerprint density at radius 2 is 1.56 bits per heavy atom. The summed E-state index contributed by atoms with van der Waals surface area (Å²) in [6.07, 6.45) is 5.67. The van der Waals surface area contributed by atoms with Gasteiger partial charge >= 0.3 is 0 Å². The van der Waals surface area contributed by atoms with Crippen LogP contribution in [-0.2, 0) is 6.42 Å². The number of rotatable bonds is 9. The number of hydrogen-bond donors (Lipinski definition) is 2. The van der Waals surface area contributed by atoms with Gasteiger partial charge in [-0.15, -0.1) is 0 Å². The molecule has 0 unspecified atom stereocenters. The molecule has 0 saturated carbocycles. The Morgan fingerprint density at radius 3 is 2.11 bits per heavy atom. The number of anilines is 2. The average Bonchev–Trinajstić information content (AvgIpc) is 2.41. The lowest BCUT2D eigenvalue weighted by Crippen LogP contribution is -2.09. The fourth-order valence-electron chi connectivity index (χ4n) is 1.68. The zero-order valence-electron chi connectivity index (χ0n) is 11.9. The van der Waals surface area contributed by atoms with Crippen LogP contribution < -0.4 is 10.6 Å². The van der Waals surface area contributed by atoms with Crippen LogP contribution in [0.15, 0.2) is 6.07 Å². The van der Waals surface area contributed by atoms with Gasteiger partial charge < -0.3 is 10.6 Å². The smallest absolute Gasteiger partial charge is 0.132 e. The van der Waals surface area contributed by atoms with Crippen LogP contribution >= 0.6 is 0 Å². The number of hydrogen-bond acceptors (Lipinski definition) is 4. The van der Waals surface area contributed by atoms with Crippen LogP contribution in [0.3, 0.4) is 0 Å². The first kappa shape index (κ1) is 14.7. The van der Waals surface area contributed by atoms with E-state index in [4.69, 9.17) is 0 Å². The Kier molecular flexibility index (Phi) is 7.14. The lowest BCUT2D eigenvalue weighted by atomic mass is 10.2. The van der Waals surface area contributed by atoms with Crippen molar-refractivity contribution in [3.8, 4) is 0 Å². The summed E-state index contributed by atoms with van der Waals surface area (Å²) in [4.78, 5) is 8.97. The minimum atomic E-state index is 0.866.